The molecule has 1 heteroatoms. The highest BCUT2D eigenvalue weighted by Crippen LogP contribution is 2.39. The fourth-order valence-electron chi connectivity index (χ4n) is 2.09. The van der Waals surface area contributed by atoms with Gasteiger partial charge in [-0.15, -0.1) is 11.6 Å². The van der Waals surface area contributed by atoms with Crippen molar-refractivity contribution in [3.05, 3.63) is 0 Å². The highest BCUT2D eigenvalue weighted by Gasteiger charge is 2.32. The molecule has 0 saturated heterocycles. The molecule has 0 nitrogen and oxygen atoms in total. The molecule has 0 spiro atoms. The lowest BCUT2D eigenvalue weighted by molar-refractivity contribution is 0.316. The van der Waals surface area contributed by atoms with Crippen LogP contribution in [0.4, 0.5) is 0 Å². The summed E-state index contributed by atoms with van der Waals surface area (Å²) < 4.78 is 0. The van der Waals surface area contributed by atoms with Crippen molar-refractivity contribution in [1.82, 2.24) is 0 Å². The number of alkyl halides is 1. The molecule has 3 unspecified atom stereocenters. The van der Waals surface area contributed by atoms with Gasteiger partial charge in [-0.25, -0.2) is 0 Å². The molecule has 0 amide bonds. The molecule has 1 rings (SSSR count). The van der Waals surface area contributed by atoms with Crippen LogP contribution in [0.15, 0.2) is 0 Å². The predicted molar refractivity (Wildman–Crippen MR) is 46.4 cm³/mol. The summed E-state index contributed by atoms with van der Waals surface area (Å²) in [5.41, 5.74) is 0. The van der Waals surface area contributed by atoms with Crippen LogP contribution >= 0.6 is 11.6 Å². The summed E-state index contributed by atoms with van der Waals surface area (Å²) in [7, 11) is 0. The van der Waals surface area contributed by atoms with Crippen LogP contribution in [0.25, 0.3) is 0 Å². The van der Waals surface area contributed by atoms with Gasteiger partial charge in [0, 0.05) is 5.38 Å². The van der Waals surface area contributed by atoms with Crippen LogP contribution in [0.5, 0.6) is 0 Å². The third-order valence-corrected chi connectivity index (χ3v) is 3.49. The van der Waals surface area contributed by atoms with Crippen molar-refractivity contribution in [2.24, 2.45) is 17.8 Å². The van der Waals surface area contributed by atoms with Crippen molar-refractivity contribution in [2.45, 2.75) is 39.0 Å². The average Bonchev–Trinajstić information content (AvgIpc) is 2.14. The van der Waals surface area contributed by atoms with Crippen LogP contribution in [0, 0.1) is 17.8 Å². The molecule has 3 atom stereocenters. The molecule has 0 aromatic rings. The van der Waals surface area contributed by atoms with E-state index in [1.54, 1.807) is 0 Å². The first-order valence-electron chi connectivity index (χ1n) is 4.27. The van der Waals surface area contributed by atoms with Gasteiger partial charge >= 0.3 is 0 Å². The molecule has 1 aliphatic rings. The monoisotopic (exact) mass is 160 g/mol. The van der Waals surface area contributed by atoms with E-state index in [1.165, 1.54) is 12.8 Å². The van der Waals surface area contributed by atoms with Gasteiger partial charge in [-0.3, -0.25) is 0 Å². The molecule has 10 heavy (non-hydrogen) atoms. The maximum absolute atomic E-state index is 6.10. The Kier molecular flexibility index (Phi) is 2.62. The first-order chi connectivity index (χ1) is 4.63. The molecule has 1 aliphatic carbocycles. The van der Waals surface area contributed by atoms with Crippen molar-refractivity contribution >= 4 is 11.6 Å². The second-order valence-electron chi connectivity index (χ2n) is 3.86. The molecule has 0 aliphatic heterocycles. The van der Waals surface area contributed by atoms with Crippen molar-refractivity contribution in [3.8, 4) is 0 Å². The van der Waals surface area contributed by atoms with Crippen molar-refractivity contribution < 1.29 is 0 Å². The Balaban J connectivity index is 2.49. The van der Waals surface area contributed by atoms with Crippen molar-refractivity contribution in [1.29, 1.82) is 0 Å². The molecule has 0 N–H and O–H groups in total. The molecule has 0 aromatic carbocycles. The number of halogens is 1. The molecule has 0 radical (unpaired) electrons. The summed E-state index contributed by atoms with van der Waals surface area (Å²) in [5.74, 6) is 2.43. The predicted octanol–water partition coefficient (Wildman–Crippen LogP) is 3.30. The van der Waals surface area contributed by atoms with Crippen LogP contribution in [-0.4, -0.2) is 5.38 Å². The number of rotatable bonds is 1. The van der Waals surface area contributed by atoms with E-state index in [9.17, 15) is 0 Å². The van der Waals surface area contributed by atoms with E-state index in [0.717, 1.165) is 17.8 Å². The van der Waals surface area contributed by atoms with E-state index in [4.69, 9.17) is 11.6 Å². The van der Waals surface area contributed by atoms with Crippen molar-refractivity contribution in [2.75, 3.05) is 0 Å². The Hall–Kier alpha value is 0.290. The highest BCUT2D eigenvalue weighted by atomic mass is 35.5. The second-order valence-corrected chi connectivity index (χ2v) is 4.42. The fraction of sp³-hybridized carbons (Fsp3) is 1.00. The minimum absolute atomic E-state index is 0.451. The van der Waals surface area contributed by atoms with E-state index in [2.05, 4.69) is 20.8 Å². The van der Waals surface area contributed by atoms with Crippen LogP contribution in [-0.2, 0) is 0 Å². The van der Waals surface area contributed by atoms with E-state index in [-0.39, 0.29) is 0 Å². The molecule has 0 aromatic heterocycles. The fourth-order valence-corrected chi connectivity index (χ4v) is 2.40. The van der Waals surface area contributed by atoms with Crippen molar-refractivity contribution in [3.63, 3.8) is 0 Å². The Morgan fingerprint density at radius 3 is 2.10 bits per heavy atom. The summed E-state index contributed by atoms with van der Waals surface area (Å²) in [6, 6.07) is 0. The van der Waals surface area contributed by atoms with Crippen LogP contribution in [0.2, 0.25) is 0 Å². The zero-order chi connectivity index (χ0) is 7.72. The summed E-state index contributed by atoms with van der Waals surface area (Å²) in [6.45, 7) is 6.89. The summed E-state index contributed by atoms with van der Waals surface area (Å²) in [6.07, 6.45) is 2.57. The van der Waals surface area contributed by atoms with Gasteiger partial charge < -0.3 is 0 Å². The van der Waals surface area contributed by atoms with Gasteiger partial charge in [-0.2, -0.15) is 0 Å². The van der Waals surface area contributed by atoms with E-state index in [0.29, 0.717) is 5.38 Å². The van der Waals surface area contributed by atoms with Gasteiger partial charge in [0.05, 0.1) is 0 Å². The Morgan fingerprint density at radius 1 is 1.30 bits per heavy atom. The Labute approximate surface area is 69.0 Å². The maximum atomic E-state index is 6.10. The van der Waals surface area contributed by atoms with E-state index < -0.39 is 0 Å². The largest absolute Gasteiger partial charge is 0.123 e. The smallest absolute Gasteiger partial charge is 0.0364 e. The van der Waals surface area contributed by atoms with Gasteiger partial charge in [0.1, 0.15) is 0 Å². The molecule has 0 bridgehead atoms. The first-order valence-corrected chi connectivity index (χ1v) is 4.70. The third kappa shape index (κ3) is 1.47. The second kappa shape index (κ2) is 3.13. The first kappa shape index (κ1) is 8.39. The summed E-state index contributed by atoms with van der Waals surface area (Å²) in [4.78, 5) is 0. The molecule has 1 fully saturated rings. The zero-order valence-corrected chi connectivity index (χ0v) is 7.86. The molecule has 1 saturated carbocycles. The highest BCUT2D eigenvalue weighted by molar-refractivity contribution is 6.20. The summed E-state index contributed by atoms with van der Waals surface area (Å²) in [5, 5.41) is 0.451. The van der Waals surface area contributed by atoms with Crippen LogP contribution < -0.4 is 0 Å². The van der Waals surface area contributed by atoms with Gasteiger partial charge in [0.15, 0.2) is 0 Å². The van der Waals surface area contributed by atoms with Gasteiger partial charge in [-0.1, -0.05) is 20.8 Å². The van der Waals surface area contributed by atoms with Gasteiger partial charge in [-0.05, 0) is 30.6 Å². The van der Waals surface area contributed by atoms with Crippen LogP contribution in [0.3, 0.4) is 0 Å². The zero-order valence-electron chi connectivity index (χ0n) is 7.10. The average molecular weight is 161 g/mol. The minimum Gasteiger partial charge on any atom is -0.123 e. The third-order valence-electron chi connectivity index (χ3n) is 2.88. The molecular weight excluding hydrogens is 144 g/mol. The number of hydrogen-bond acceptors (Lipinski definition) is 0. The Morgan fingerprint density at radius 2 is 1.90 bits per heavy atom. The Bertz CT molecular complexity index is 109. The van der Waals surface area contributed by atoms with Crippen LogP contribution in [0.1, 0.15) is 33.6 Å². The maximum Gasteiger partial charge on any atom is 0.0364 e. The van der Waals surface area contributed by atoms with E-state index in [1.807, 2.05) is 0 Å². The minimum atomic E-state index is 0.451. The SMILES string of the molecule is CC(C)C1CCC(Cl)C1C. The molecule has 60 valence electrons. The van der Waals surface area contributed by atoms with Gasteiger partial charge in [0.25, 0.3) is 0 Å². The standard InChI is InChI=1S/C9H17Cl/c1-6(2)8-4-5-9(10)7(8)3/h6-9H,4-5H2,1-3H3. The topological polar surface area (TPSA) is 0 Å². The molecule has 0 heterocycles. The quantitative estimate of drug-likeness (QED) is 0.517. The van der Waals surface area contributed by atoms with E-state index >= 15 is 0 Å². The number of hydrogen-bond donors (Lipinski definition) is 0. The molecular formula is C9H17Cl. The normalized spacial score (nSPS) is 41.1. The lowest BCUT2D eigenvalue weighted by Gasteiger charge is -2.20. The lowest BCUT2D eigenvalue weighted by atomic mass is 9.87. The lowest BCUT2D eigenvalue weighted by Crippen LogP contribution is -2.15. The van der Waals surface area contributed by atoms with Gasteiger partial charge in [0.2, 0.25) is 0 Å². The summed E-state index contributed by atoms with van der Waals surface area (Å²) >= 11 is 6.10.